The summed E-state index contributed by atoms with van der Waals surface area (Å²) < 4.78 is 5.86. The predicted molar refractivity (Wildman–Crippen MR) is 167 cm³/mol. The summed E-state index contributed by atoms with van der Waals surface area (Å²) in [6, 6.07) is 14.8. The van der Waals surface area contributed by atoms with Crippen molar-refractivity contribution in [1.29, 1.82) is 0 Å². The number of carbonyl (C=O) groups is 2. The molecule has 0 aliphatic heterocycles. The number of nitrogens with two attached hydrogens (primary N) is 1. The van der Waals surface area contributed by atoms with Crippen LogP contribution in [0.15, 0.2) is 59.8 Å². The van der Waals surface area contributed by atoms with Gasteiger partial charge in [-0.25, -0.2) is 0 Å². The third kappa shape index (κ3) is 10.4. The topological polar surface area (TPSA) is 105 Å². The number of rotatable bonds is 17. The maximum Gasteiger partial charge on any atom is 0.243 e. The van der Waals surface area contributed by atoms with Gasteiger partial charge in [0.25, 0.3) is 0 Å². The van der Waals surface area contributed by atoms with Crippen LogP contribution < -0.4 is 26.4 Å². The summed E-state index contributed by atoms with van der Waals surface area (Å²) in [5.74, 6) is 0.647. The normalized spacial score (nSPS) is 14.7. The molecule has 7 nitrogen and oxygen atoms in total. The number of nitrogens with one attached hydrogen (secondary N) is 3. The molecule has 224 valence electrons. The van der Waals surface area contributed by atoms with E-state index >= 15 is 0 Å². The van der Waals surface area contributed by atoms with Gasteiger partial charge in [-0.15, -0.1) is 0 Å². The van der Waals surface area contributed by atoms with Gasteiger partial charge in [-0.3, -0.25) is 9.59 Å². The third-order valence-corrected chi connectivity index (χ3v) is 7.51. The molecule has 0 spiro atoms. The van der Waals surface area contributed by atoms with E-state index in [-0.39, 0.29) is 36.2 Å². The van der Waals surface area contributed by atoms with Crippen molar-refractivity contribution in [3.8, 4) is 5.75 Å². The molecule has 1 fully saturated rings. The number of benzene rings is 2. The van der Waals surface area contributed by atoms with E-state index in [1.165, 1.54) is 5.57 Å². The highest BCUT2D eigenvalue weighted by atomic mass is 35.5. The predicted octanol–water partition coefficient (Wildman–Crippen LogP) is 5.16. The molecule has 0 bridgehead atoms. The first-order valence-electron chi connectivity index (χ1n) is 14.9. The second kappa shape index (κ2) is 16.4. The highest BCUT2D eigenvalue weighted by molar-refractivity contribution is 6.30. The van der Waals surface area contributed by atoms with Crippen LogP contribution in [0.2, 0.25) is 5.02 Å². The van der Waals surface area contributed by atoms with E-state index in [1.807, 2.05) is 49.4 Å². The second-order valence-corrected chi connectivity index (χ2v) is 11.7. The Morgan fingerprint density at radius 3 is 2.44 bits per heavy atom. The Morgan fingerprint density at radius 1 is 1.02 bits per heavy atom. The van der Waals surface area contributed by atoms with E-state index in [1.54, 1.807) is 0 Å². The van der Waals surface area contributed by atoms with E-state index in [0.29, 0.717) is 24.6 Å². The van der Waals surface area contributed by atoms with E-state index in [0.717, 1.165) is 54.7 Å². The maximum absolute atomic E-state index is 13.2. The lowest BCUT2D eigenvalue weighted by molar-refractivity contribution is -0.125. The monoisotopic (exact) mass is 582 g/mol. The zero-order valence-electron chi connectivity index (χ0n) is 25.0. The number of hydrogen-bond acceptors (Lipinski definition) is 5. The Kier molecular flexibility index (Phi) is 13.0. The number of aryl methyl sites for hydroxylation is 1. The van der Waals surface area contributed by atoms with Gasteiger partial charge >= 0.3 is 0 Å². The van der Waals surface area contributed by atoms with Gasteiger partial charge in [0.15, 0.2) is 0 Å². The minimum Gasteiger partial charge on any atom is -0.493 e. The molecule has 41 heavy (non-hydrogen) atoms. The average molecular weight is 583 g/mol. The van der Waals surface area contributed by atoms with E-state index in [4.69, 9.17) is 22.1 Å². The van der Waals surface area contributed by atoms with Crippen LogP contribution in [0, 0.1) is 11.8 Å². The van der Waals surface area contributed by atoms with Crippen LogP contribution in [0.25, 0.3) is 0 Å². The van der Waals surface area contributed by atoms with Crippen LogP contribution in [-0.4, -0.2) is 43.6 Å². The van der Waals surface area contributed by atoms with E-state index in [9.17, 15) is 9.59 Å². The van der Waals surface area contributed by atoms with Gasteiger partial charge in [0.05, 0.1) is 12.6 Å². The first-order chi connectivity index (χ1) is 19.7. The van der Waals surface area contributed by atoms with Crippen molar-refractivity contribution in [3.05, 3.63) is 76.0 Å². The van der Waals surface area contributed by atoms with Crippen molar-refractivity contribution in [2.24, 2.45) is 17.6 Å². The summed E-state index contributed by atoms with van der Waals surface area (Å²) in [5, 5.41) is 10.4. The van der Waals surface area contributed by atoms with Gasteiger partial charge < -0.3 is 26.4 Å². The largest absolute Gasteiger partial charge is 0.493 e. The number of allylic oxidation sites excluding steroid dienone is 1. The van der Waals surface area contributed by atoms with Crippen LogP contribution >= 0.6 is 11.6 Å². The Hall–Kier alpha value is -3.03. The molecule has 2 amide bonds. The van der Waals surface area contributed by atoms with Crippen molar-refractivity contribution in [2.75, 3.05) is 19.7 Å². The fraction of sp³-hybridized carbons (Fsp3) is 0.515. The molecule has 1 saturated carbocycles. The minimum absolute atomic E-state index is 0.0267. The first-order valence-corrected chi connectivity index (χ1v) is 15.3. The fourth-order valence-corrected chi connectivity index (χ4v) is 5.03. The van der Waals surface area contributed by atoms with Gasteiger partial charge in [0, 0.05) is 29.7 Å². The number of halogens is 1. The van der Waals surface area contributed by atoms with Crippen LogP contribution in [0.1, 0.15) is 64.5 Å². The lowest BCUT2D eigenvalue weighted by Crippen LogP contribution is -2.53. The number of amides is 2. The summed E-state index contributed by atoms with van der Waals surface area (Å²) >= 11 is 6.13. The van der Waals surface area contributed by atoms with Gasteiger partial charge in [0.2, 0.25) is 11.8 Å². The number of carbonyl (C=O) groups excluding carboxylic acids is 2. The van der Waals surface area contributed by atoms with Crippen LogP contribution in [0.3, 0.4) is 0 Å². The van der Waals surface area contributed by atoms with Gasteiger partial charge in [-0.2, -0.15) is 0 Å². The molecular formula is C33H47ClN4O3. The van der Waals surface area contributed by atoms with Crippen molar-refractivity contribution in [2.45, 2.75) is 78.3 Å². The molecule has 0 unspecified atom stereocenters. The molecular weight excluding hydrogens is 536 g/mol. The highest BCUT2D eigenvalue weighted by Crippen LogP contribution is 2.33. The molecule has 1 aliphatic carbocycles. The molecule has 0 radical (unpaired) electrons. The van der Waals surface area contributed by atoms with Crippen molar-refractivity contribution >= 4 is 23.4 Å². The molecule has 5 N–H and O–H groups in total. The van der Waals surface area contributed by atoms with E-state index < -0.39 is 6.04 Å². The molecule has 0 saturated heterocycles. The standard InChI is InChI=1S/C33H47ClN4O3/c1-5-18-41-29-14-7-6-11-25(29)12-9-17-36-33(40)28(21-35)37-31(26-15-16-26)30(22(2)3)38-32(39)23(4)19-24-10-8-13-27(34)20-24/h6-8,10-11,13-14,20,22-23,28,30,37H,5,9,12,15-19,21,35H2,1-4H3,(H,36,40)(H,38,39)/t23-,28+,30-/m1/s1. The zero-order valence-corrected chi connectivity index (χ0v) is 25.7. The Labute approximate surface area is 250 Å². The number of ether oxygens (including phenoxy) is 1. The first kappa shape index (κ1) is 32.5. The second-order valence-electron chi connectivity index (χ2n) is 11.3. The van der Waals surface area contributed by atoms with E-state index in [2.05, 4.69) is 42.8 Å². The quantitative estimate of drug-likeness (QED) is 0.193. The van der Waals surface area contributed by atoms with Crippen LogP contribution in [0.4, 0.5) is 0 Å². The van der Waals surface area contributed by atoms with Crippen molar-refractivity contribution < 1.29 is 14.3 Å². The van der Waals surface area contributed by atoms with Gasteiger partial charge in [0.1, 0.15) is 11.8 Å². The maximum atomic E-state index is 13.2. The lowest BCUT2D eigenvalue weighted by Gasteiger charge is -2.30. The highest BCUT2D eigenvalue weighted by Gasteiger charge is 2.31. The SMILES string of the molecule is CCCOc1ccccc1CCCNC(=O)[C@H](CN)NC(=C1CC1)[C@H](NC(=O)[C@H](C)Cc1cccc(Cl)c1)C(C)C. The fourth-order valence-electron chi connectivity index (χ4n) is 4.82. The Morgan fingerprint density at radius 2 is 1.78 bits per heavy atom. The lowest BCUT2D eigenvalue weighted by atomic mass is 9.96. The summed E-state index contributed by atoms with van der Waals surface area (Å²) in [6.07, 6.45) is 5.07. The summed E-state index contributed by atoms with van der Waals surface area (Å²) in [5.41, 5.74) is 10.4. The summed E-state index contributed by atoms with van der Waals surface area (Å²) in [6.45, 7) is 9.55. The molecule has 0 aromatic heterocycles. The molecule has 8 heteroatoms. The minimum atomic E-state index is -0.583. The zero-order chi connectivity index (χ0) is 29.8. The number of hydrogen-bond donors (Lipinski definition) is 4. The van der Waals surface area contributed by atoms with Gasteiger partial charge in [-0.05, 0) is 79.3 Å². The number of para-hydroxylation sites is 1. The Balaban J connectivity index is 1.57. The van der Waals surface area contributed by atoms with Crippen LogP contribution in [-0.2, 0) is 22.4 Å². The molecule has 2 aromatic carbocycles. The van der Waals surface area contributed by atoms with Crippen molar-refractivity contribution in [1.82, 2.24) is 16.0 Å². The molecule has 1 aliphatic rings. The van der Waals surface area contributed by atoms with Gasteiger partial charge in [-0.1, -0.05) is 69.6 Å². The summed E-state index contributed by atoms with van der Waals surface area (Å²) in [7, 11) is 0. The Bertz CT molecular complexity index is 1180. The molecule has 3 atom stereocenters. The molecule has 0 heterocycles. The third-order valence-electron chi connectivity index (χ3n) is 7.27. The smallest absolute Gasteiger partial charge is 0.243 e. The van der Waals surface area contributed by atoms with Crippen LogP contribution in [0.5, 0.6) is 5.75 Å². The van der Waals surface area contributed by atoms with Crippen molar-refractivity contribution in [3.63, 3.8) is 0 Å². The molecule has 2 aromatic rings. The average Bonchev–Trinajstić information content (AvgIpc) is 3.79. The molecule has 3 rings (SSSR count). The summed E-state index contributed by atoms with van der Waals surface area (Å²) in [4.78, 5) is 26.4.